The van der Waals surface area contributed by atoms with Gasteiger partial charge in [-0.1, -0.05) is 37.8 Å². The Bertz CT molecular complexity index is 381. The molecule has 0 bridgehead atoms. The maximum Gasteiger partial charge on any atom is 0.152 e. The first-order valence-corrected chi connectivity index (χ1v) is 5.18. The average molecular weight is 232 g/mol. The summed E-state index contributed by atoms with van der Waals surface area (Å²) in [7, 11) is 0. The summed E-state index contributed by atoms with van der Waals surface area (Å²) in [5, 5.41) is 0. The summed E-state index contributed by atoms with van der Waals surface area (Å²) < 4.78 is 0. The second-order valence-electron chi connectivity index (χ2n) is 3.34. The van der Waals surface area contributed by atoms with Crippen LogP contribution in [0.15, 0.2) is 66.5 Å². The van der Waals surface area contributed by atoms with Gasteiger partial charge in [0, 0.05) is 13.8 Å². The molecule has 1 aliphatic rings. The van der Waals surface area contributed by atoms with Crippen LogP contribution in [0.3, 0.4) is 0 Å². The van der Waals surface area contributed by atoms with Crippen LogP contribution in [0.2, 0.25) is 0 Å². The Morgan fingerprint density at radius 1 is 1.35 bits per heavy atom. The van der Waals surface area contributed by atoms with Crippen molar-refractivity contribution in [1.82, 2.24) is 4.98 Å². The summed E-state index contributed by atoms with van der Waals surface area (Å²) in [6.07, 6.45) is 14.0. The summed E-state index contributed by atoms with van der Waals surface area (Å²) >= 11 is 0. The summed E-state index contributed by atoms with van der Waals surface area (Å²) in [4.78, 5) is 14.3. The Labute approximate surface area is 105 Å². The highest BCUT2D eigenvalue weighted by Crippen LogP contribution is 2.10. The molecule has 2 rings (SSSR count). The molecule has 1 aliphatic carbocycles. The van der Waals surface area contributed by atoms with E-state index in [-0.39, 0.29) is 14.6 Å². The molecule has 1 aromatic heterocycles. The van der Waals surface area contributed by atoms with E-state index in [1.54, 1.807) is 25.4 Å². The van der Waals surface area contributed by atoms with Gasteiger partial charge in [-0.05, 0) is 37.1 Å². The zero-order valence-electron chi connectivity index (χ0n) is 9.34. The number of nitrogens with zero attached hydrogens (tertiary/aromatic N) is 1. The van der Waals surface area contributed by atoms with Crippen LogP contribution in [-0.2, 0) is 4.79 Å². The van der Waals surface area contributed by atoms with Gasteiger partial charge in [-0.2, -0.15) is 0 Å². The molecule has 1 aromatic rings. The number of rotatable bonds is 2. The van der Waals surface area contributed by atoms with Gasteiger partial charge < -0.3 is 0 Å². The first-order chi connectivity index (χ1) is 7.79. The van der Waals surface area contributed by atoms with E-state index in [4.69, 9.17) is 0 Å². The summed E-state index contributed by atoms with van der Waals surface area (Å²) in [6, 6.07) is 5.72. The molecule has 0 amide bonds. The lowest BCUT2D eigenvalue weighted by molar-refractivity contribution is -0.112. The summed E-state index contributed by atoms with van der Waals surface area (Å²) in [6.45, 7) is 1.56. The van der Waals surface area contributed by atoms with E-state index in [9.17, 15) is 4.79 Å². The molecule has 0 aromatic carbocycles. The highest BCUT2D eigenvalue weighted by molar-refractivity contribution is 5.87. The number of pyridine rings is 1. The predicted octanol–water partition coefficient (Wildman–Crippen LogP) is 3.98. The number of ketones is 1. The molecular formula is C15H21NO. The van der Waals surface area contributed by atoms with Crippen LogP contribution >= 0.6 is 0 Å². The first-order valence-electron chi connectivity index (χ1n) is 5.18. The monoisotopic (exact) mass is 232 g/mol. The van der Waals surface area contributed by atoms with Crippen LogP contribution in [0.4, 0.5) is 0 Å². The fourth-order valence-corrected chi connectivity index (χ4v) is 1.12. The van der Waals surface area contributed by atoms with Gasteiger partial charge in [0.05, 0.1) is 0 Å². The maximum atomic E-state index is 10.5. The van der Waals surface area contributed by atoms with Crippen LogP contribution in [-0.4, -0.2) is 10.8 Å². The fraction of sp³-hybridized carbons (Fsp3) is 0.200. The SMILES string of the molecule is C.CC(=O)/C=C/C1=CC=CC1.[2HH].c1ccncc1. The zero-order valence-corrected chi connectivity index (χ0v) is 9.34. The molecule has 0 aliphatic heterocycles. The van der Waals surface area contributed by atoms with E-state index < -0.39 is 0 Å². The van der Waals surface area contributed by atoms with Crippen LogP contribution in [0.5, 0.6) is 0 Å². The van der Waals surface area contributed by atoms with Gasteiger partial charge in [0.25, 0.3) is 0 Å². The summed E-state index contributed by atoms with van der Waals surface area (Å²) in [5.74, 6) is 0.104. The molecule has 17 heavy (non-hydrogen) atoms. The molecule has 2 nitrogen and oxygen atoms in total. The Hall–Kier alpha value is -1.96. The summed E-state index contributed by atoms with van der Waals surface area (Å²) in [5.41, 5.74) is 1.20. The lowest BCUT2D eigenvalue weighted by atomic mass is 10.2. The van der Waals surface area contributed by atoms with E-state index in [1.807, 2.05) is 36.4 Å². The van der Waals surface area contributed by atoms with Crippen molar-refractivity contribution in [2.45, 2.75) is 20.8 Å². The zero-order chi connectivity index (χ0) is 11.6. The van der Waals surface area contributed by atoms with Crippen molar-refractivity contribution in [3.8, 4) is 0 Å². The Morgan fingerprint density at radius 2 is 2.06 bits per heavy atom. The lowest BCUT2D eigenvalue weighted by Crippen LogP contribution is -1.80. The van der Waals surface area contributed by atoms with E-state index in [1.165, 1.54) is 5.57 Å². The van der Waals surface area contributed by atoms with Crippen molar-refractivity contribution in [3.05, 3.63) is 66.5 Å². The number of aromatic nitrogens is 1. The highest BCUT2D eigenvalue weighted by Gasteiger charge is 1.92. The topological polar surface area (TPSA) is 30.0 Å². The molecule has 0 spiro atoms. The van der Waals surface area contributed by atoms with Gasteiger partial charge in [0.2, 0.25) is 0 Å². The maximum absolute atomic E-state index is 10.5. The van der Waals surface area contributed by atoms with Gasteiger partial charge in [-0.25, -0.2) is 0 Å². The van der Waals surface area contributed by atoms with Gasteiger partial charge in [-0.15, -0.1) is 0 Å². The van der Waals surface area contributed by atoms with Gasteiger partial charge in [-0.3, -0.25) is 9.78 Å². The minimum absolute atomic E-state index is 0. The first kappa shape index (κ1) is 15.0. The number of hydrogen-bond donors (Lipinski definition) is 0. The van der Waals surface area contributed by atoms with Crippen molar-refractivity contribution in [2.24, 2.45) is 0 Å². The number of allylic oxidation sites excluding steroid dienone is 6. The number of carbonyl (C=O) groups excluding carboxylic acids is 1. The standard InChI is InChI=1S/C9H10O.C5H5N.CH4.H2/c1-8(10)6-7-9-4-2-3-5-9;1-2-4-6-5-3-1;;/h2-4,6-7H,5H2,1H3;1-5H;1H4;1H/b7-6+;;;/i;;;1+1. The van der Waals surface area contributed by atoms with E-state index in [0.29, 0.717) is 0 Å². The van der Waals surface area contributed by atoms with E-state index >= 15 is 0 Å². The average Bonchev–Trinajstić information content (AvgIpc) is 2.82. The minimum Gasteiger partial charge on any atom is -0.295 e. The van der Waals surface area contributed by atoms with E-state index in [0.717, 1.165) is 6.42 Å². The second kappa shape index (κ2) is 9.28. The van der Waals surface area contributed by atoms with Crippen LogP contribution in [0.1, 0.15) is 22.2 Å². The Kier molecular flexibility index (Phi) is 8.21. The molecule has 0 N–H and O–H groups in total. The molecule has 1 heterocycles. The molecule has 2 heteroatoms. The third kappa shape index (κ3) is 7.91. The molecule has 0 radical (unpaired) electrons. The molecule has 0 unspecified atom stereocenters. The molecule has 0 atom stereocenters. The van der Waals surface area contributed by atoms with Crippen LogP contribution in [0, 0.1) is 0 Å². The number of hydrogen-bond acceptors (Lipinski definition) is 2. The normalized spacial score (nSPS) is 12.4. The molecular weight excluding hydrogens is 210 g/mol. The van der Waals surface area contributed by atoms with Crippen molar-refractivity contribution in [2.75, 3.05) is 0 Å². The highest BCUT2D eigenvalue weighted by atomic mass is 16.1. The van der Waals surface area contributed by atoms with Crippen molar-refractivity contribution >= 4 is 5.78 Å². The predicted molar refractivity (Wildman–Crippen MR) is 74.7 cm³/mol. The third-order valence-electron chi connectivity index (χ3n) is 1.90. The molecule has 92 valence electrons. The van der Waals surface area contributed by atoms with Gasteiger partial charge in [0.1, 0.15) is 0 Å². The molecule has 0 saturated carbocycles. The smallest absolute Gasteiger partial charge is 0.152 e. The third-order valence-corrected chi connectivity index (χ3v) is 1.90. The minimum atomic E-state index is 0. The lowest BCUT2D eigenvalue weighted by Gasteiger charge is -1.87. The molecule has 0 fully saturated rings. The van der Waals surface area contributed by atoms with Crippen molar-refractivity contribution in [3.63, 3.8) is 0 Å². The van der Waals surface area contributed by atoms with Gasteiger partial charge in [0.15, 0.2) is 5.78 Å². The number of carbonyl (C=O) groups is 1. The van der Waals surface area contributed by atoms with Crippen LogP contribution < -0.4 is 0 Å². The second-order valence-corrected chi connectivity index (χ2v) is 3.34. The largest absolute Gasteiger partial charge is 0.295 e. The van der Waals surface area contributed by atoms with Crippen LogP contribution in [0.25, 0.3) is 0 Å². The van der Waals surface area contributed by atoms with Crippen molar-refractivity contribution in [1.29, 1.82) is 0 Å². The fourth-order valence-electron chi connectivity index (χ4n) is 1.12. The Balaban J connectivity index is 0. The van der Waals surface area contributed by atoms with Gasteiger partial charge >= 0.3 is 0 Å². The van der Waals surface area contributed by atoms with E-state index in [2.05, 4.69) is 11.1 Å². The molecule has 0 saturated heterocycles. The quantitative estimate of drug-likeness (QED) is 0.722. The Morgan fingerprint density at radius 3 is 2.41 bits per heavy atom. The van der Waals surface area contributed by atoms with Crippen molar-refractivity contribution < 1.29 is 6.22 Å².